The van der Waals surface area contributed by atoms with Crippen molar-refractivity contribution in [3.63, 3.8) is 0 Å². The van der Waals surface area contributed by atoms with Crippen LogP contribution in [0.2, 0.25) is 0 Å². The Kier molecular flexibility index (Phi) is 9.47. The summed E-state index contributed by atoms with van der Waals surface area (Å²) in [6.45, 7) is -0.563. The molecule has 0 aromatic heterocycles. The van der Waals surface area contributed by atoms with Crippen LogP contribution >= 0.6 is 67.8 Å². The first kappa shape index (κ1) is 25.1. The van der Waals surface area contributed by atoms with Gasteiger partial charge in [0, 0.05) is 10.7 Å². The van der Waals surface area contributed by atoms with Crippen LogP contribution in [0.5, 0.6) is 0 Å². The summed E-state index contributed by atoms with van der Waals surface area (Å²) in [6, 6.07) is 3.38. The lowest BCUT2D eigenvalue weighted by atomic mass is 10.2. The van der Waals surface area contributed by atoms with E-state index in [2.05, 4.69) is 4.74 Å². The number of carbonyl (C=O) groups excluding carboxylic acids is 2. The summed E-state index contributed by atoms with van der Waals surface area (Å²) >= 11 is 5.94. The smallest absolute Gasteiger partial charge is 0.426 e. The largest absolute Gasteiger partial charge is 0.461 e. The van der Waals surface area contributed by atoms with E-state index >= 15 is 0 Å². The fourth-order valence-corrected chi connectivity index (χ4v) is 4.63. The van der Waals surface area contributed by atoms with Crippen molar-refractivity contribution in [2.24, 2.45) is 0 Å². The van der Waals surface area contributed by atoms with E-state index in [1.165, 1.54) is 0 Å². The highest BCUT2D eigenvalue weighted by atomic mass is 127. The Morgan fingerprint density at radius 2 is 1.78 bits per heavy atom. The lowest BCUT2D eigenvalue weighted by molar-refractivity contribution is -0.215. The van der Waals surface area contributed by atoms with Gasteiger partial charge in [-0.2, -0.15) is 21.6 Å². The van der Waals surface area contributed by atoms with E-state index in [9.17, 15) is 31.2 Å². The lowest BCUT2D eigenvalue weighted by Crippen LogP contribution is -2.39. The van der Waals surface area contributed by atoms with Gasteiger partial charge in [0.15, 0.2) is 0 Å². The molecule has 14 heteroatoms. The summed E-state index contributed by atoms with van der Waals surface area (Å²) in [4.78, 5) is 23.5. The number of esters is 2. The number of hydrogen-bond donors (Lipinski definition) is 1. The van der Waals surface area contributed by atoms with E-state index < -0.39 is 53.1 Å². The minimum absolute atomic E-state index is 0.236. The second-order valence-electron chi connectivity index (χ2n) is 4.90. The fraction of sp³-hybridized carbons (Fsp3) is 0.385. The molecule has 7 nitrogen and oxygen atoms in total. The zero-order valence-corrected chi connectivity index (χ0v) is 20.2. The molecular formula is C13H10F3I3O7S. The topological polar surface area (TPSA) is 107 Å². The first-order valence-electron chi connectivity index (χ1n) is 6.73. The zero-order chi connectivity index (χ0) is 21.0. The van der Waals surface area contributed by atoms with Gasteiger partial charge in [-0.3, -0.25) is 9.35 Å². The predicted octanol–water partition coefficient (Wildman–Crippen LogP) is 3.41. The molecule has 27 heavy (non-hydrogen) atoms. The maximum Gasteiger partial charge on any atom is 0.426 e. The predicted molar refractivity (Wildman–Crippen MR) is 112 cm³/mol. The van der Waals surface area contributed by atoms with Crippen molar-refractivity contribution in [1.82, 2.24) is 0 Å². The number of hydrogen-bond acceptors (Lipinski definition) is 6. The Labute approximate surface area is 192 Å². The number of carbonyl (C=O) groups is 2. The van der Waals surface area contributed by atoms with Gasteiger partial charge < -0.3 is 9.47 Å². The Morgan fingerprint density at radius 3 is 2.30 bits per heavy atom. The summed E-state index contributed by atoms with van der Waals surface area (Å²) in [5.41, 5.74) is 0.236. The number of alkyl halides is 3. The summed E-state index contributed by atoms with van der Waals surface area (Å²) in [5, 5.41) is 0. The Morgan fingerprint density at radius 1 is 1.19 bits per heavy atom. The van der Waals surface area contributed by atoms with Crippen molar-refractivity contribution in [2.45, 2.75) is 18.7 Å². The van der Waals surface area contributed by atoms with Gasteiger partial charge in [0.05, 0.1) is 12.0 Å². The quantitative estimate of drug-likeness (QED) is 0.197. The van der Waals surface area contributed by atoms with E-state index in [-0.39, 0.29) is 5.56 Å². The van der Waals surface area contributed by atoms with Gasteiger partial charge in [-0.1, -0.05) is 0 Å². The number of rotatable bonds is 7. The van der Waals surface area contributed by atoms with Gasteiger partial charge >= 0.3 is 18.1 Å². The molecule has 0 bridgehead atoms. The number of ether oxygens (including phenoxy) is 2. The molecule has 0 spiro atoms. The van der Waals surface area contributed by atoms with Crippen LogP contribution < -0.4 is 0 Å². The van der Waals surface area contributed by atoms with Gasteiger partial charge in [-0.25, -0.2) is 4.79 Å². The third kappa shape index (κ3) is 8.94. The second kappa shape index (κ2) is 10.2. The van der Waals surface area contributed by atoms with Crippen LogP contribution in [0.3, 0.4) is 0 Å². The molecule has 0 saturated heterocycles. The molecule has 0 fully saturated rings. The summed E-state index contributed by atoms with van der Waals surface area (Å²) < 4.78 is 78.8. The molecule has 1 aromatic carbocycles. The Balaban J connectivity index is 2.65. The van der Waals surface area contributed by atoms with Crippen molar-refractivity contribution in [3.8, 4) is 0 Å². The summed E-state index contributed by atoms with van der Waals surface area (Å²) in [6.07, 6.45) is -8.93. The number of benzene rings is 1. The molecule has 1 aromatic rings. The monoisotopic (exact) mass is 748 g/mol. The average molecular weight is 748 g/mol. The maximum atomic E-state index is 12.7. The van der Waals surface area contributed by atoms with Crippen LogP contribution in [0.4, 0.5) is 13.2 Å². The van der Waals surface area contributed by atoms with Gasteiger partial charge in [-0.15, -0.1) is 0 Å². The minimum atomic E-state index is -5.18. The van der Waals surface area contributed by atoms with Crippen molar-refractivity contribution >= 4 is 89.8 Å². The Bertz CT molecular complexity index is 827. The van der Waals surface area contributed by atoms with Crippen LogP contribution in [0.25, 0.3) is 0 Å². The molecule has 0 aliphatic rings. The molecule has 0 amide bonds. The van der Waals surface area contributed by atoms with Crippen molar-refractivity contribution in [1.29, 1.82) is 0 Å². The molecule has 0 radical (unpaired) electrons. The van der Waals surface area contributed by atoms with E-state index in [1.807, 2.05) is 73.8 Å². The van der Waals surface area contributed by atoms with Crippen LogP contribution in [0.15, 0.2) is 12.1 Å². The first-order chi connectivity index (χ1) is 12.2. The third-order valence-corrected chi connectivity index (χ3v) is 7.14. The molecule has 1 unspecified atom stereocenters. The van der Waals surface area contributed by atoms with E-state index in [0.717, 1.165) is 7.14 Å². The van der Waals surface area contributed by atoms with E-state index in [4.69, 9.17) is 9.29 Å². The van der Waals surface area contributed by atoms with Crippen LogP contribution in [-0.2, 0) is 24.4 Å². The van der Waals surface area contributed by atoms with Gasteiger partial charge in [-0.05, 0) is 79.9 Å². The van der Waals surface area contributed by atoms with Gasteiger partial charge in [0.25, 0.3) is 10.1 Å². The van der Waals surface area contributed by atoms with E-state index in [1.54, 1.807) is 6.07 Å². The second-order valence-corrected chi connectivity index (χ2v) is 9.89. The Hall–Kier alpha value is 0.0500. The van der Waals surface area contributed by atoms with Crippen molar-refractivity contribution < 1.29 is 45.2 Å². The van der Waals surface area contributed by atoms with Gasteiger partial charge in [0.1, 0.15) is 12.4 Å². The minimum Gasteiger partial charge on any atom is -0.461 e. The fourth-order valence-electron chi connectivity index (χ4n) is 1.61. The molecular weight excluding hydrogens is 738 g/mol. The molecule has 1 rings (SSSR count). The first-order valence-corrected chi connectivity index (χ1v) is 11.6. The summed E-state index contributed by atoms with van der Waals surface area (Å²) in [7, 11) is -5.02. The molecule has 1 N–H and O–H groups in total. The zero-order valence-electron chi connectivity index (χ0n) is 12.9. The molecule has 1 atom stereocenters. The highest BCUT2D eigenvalue weighted by Crippen LogP contribution is 2.25. The standard InChI is InChI=1S/C13H10F3I3O7S/c14-13(15,16)9(5-27(22,23)24)26-10(20)1-2-25-12(21)7-3-6(17)4-8(18)11(7)19/h3-4,9H,1-2,5H2,(H,22,23,24). The highest BCUT2D eigenvalue weighted by molar-refractivity contribution is 14.1. The third-order valence-electron chi connectivity index (χ3n) is 2.75. The maximum absolute atomic E-state index is 12.7. The van der Waals surface area contributed by atoms with E-state index in [0.29, 0.717) is 3.57 Å². The number of halogens is 6. The van der Waals surface area contributed by atoms with Gasteiger partial charge in [0.2, 0.25) is 6.10 Å². The average Bonchev–Trinajstić information content (AvgIpc) is 2.47. The molecule has 0 saturated carbocycles. The van der Waals surface area contributed by atoms with Crippen LogP contribution in [-0.4, -0.2) is 49.5 Å². The van der Waals surface area contributed by atoms with Crippen molar-refractivity contribution in [3.05, 3.63) is 28.4 Å². The SMILES string of the molecule is O=C(CCOC(=O)c1cc(I)cc(I)c1I)OC(CS(=O)(=O)O)C(F)(F)F. The highest BCUT2D eigenvalue weighted by Gasteiger charge is 2.45. The lowest BCUT2D eigenvalue weighted by Gasteiger charge is -2.19. The van der Waals surface area contributed by atoms with Crippen LogP contribution in [0, 0.1) is 10.7 Å². The molecule has 0 heterocycles. The summed E-state index contributed by atoms with van der Waals surface area (Å²) in [5.74, 6) is -4.02. The molecule has 0 aliphatic carbocycles. The van der Waals surface area contributed by atoms with Crippen molar-refractivity contribution in [2.75, 3.05) is 12.4 Å². The van der Waals surface area contributed by atoms with Crippen LogP contribution in [0.1, 0.15) is 16.8 Å². The molecule has 0 aliphatic heterocycles. The molecule has 152 valence electrons. The normalized spacial score (nSPS) is 13.1.